The molecule has 0 bridgehead atoms. The summed E-state index contributed by atoms with van der Waals surface area (Å²) in [6, 6.07) is 10.1. The fraction of sp³-hybridized carbons (Fsp3) is 0.368. The number of Topliss-reactive ketones (excluding diaryl/α,β-unsaturated/α-hetero) is 1. The molecule has 0 atom stereocenters. The van der Waals surface area contributed by atoms with E-state index in [4.69, 9.17) is 0 Å². The molecule has 0 aliphatic carbocycles. The molecule has 0 aliphatic heterocycles. The second-order valence-corrected chi connectivity index (χ2v) is 9.44. The first-order valence-electron chi connectivity index (χ1n) is 7.63. The molecule has 1 aromatic heterocycles. The maximum atomic E-state index is 12.4. The van der Waals surface area contributed by atoms with Crippen LogP contribution < -0.4 is 0 Å². The number of thioether (sulfide) groups is 1. The van der Waals surface area contributed by atoms with E-state index >= 15 is 0 Å². The molecule has 0 saturated carbocycles. The van der Waals surface area contributed by atoms with Gasteiger partial charge in [0.2, 0.25) is 0 Å². The van der Waals surface area contributed by atoms with Gasteiger partial charge < -0.3 is 0 Å². The predicted molar refractivity (Wildman–Crippen MR) is 101 cm³/mol. The van der Waals surface area contributed by atoms with Crippen molar-refractivity contribution in [1.82, 2.24) is 4.98 Å². The normalized spacial score (nSPS) is 11.5. The molecule has 2 nitrogen and oxygen atoms in total. The van der Waals surface area contributed by atoms with Gasteiger partial charge in [-0.1, -0.05) is 50.6 Å². The maximum Gasteiger partial charge on any atom is 0.141 e. The van der Waals surface area contributed by atoms with Crippen LogP contribution in [0.5, 0.6) is 0 Å². The van der Waals surface area contributed by atoms with E-state index in [0.29, 0.717) is 12.8 Å². The number of carbonyl (C=O) groups excluding carboxylic acids is 1. The topological polar surface area (TPSA) is 30.0 Å². The van der Waals surface area contributed by atoms with Crippen molar-refractivity contribution in [2.45, 2.75) is 50.3 Å². The first-order chi connectivity index (χ1) is 10.7. The van der Waals surface area contributed by atoms with Crippen molar-refractivity contribution in [2.24, 2.45) is 0 Å². The Kier molecular flexibility index (Phi) is 6.04. The van der Waals surface area contributed by atoms with Gasteiger partial charge in [-0.15, -0.1) is 11.8 Å². The Bertz CT molecular complexity index is 690. The Labute approximate surface area is 151 Å². The van der Waals surface area contributed by atoms with Crippen LogP contribution in [-0.4, -0.2) is 15.5 Å². The zero-order valence-corrected chi connectivity index (χ0v) is 16.4. The number of pyridine rings is 1. The van der Waals surface area contributed by atoms with Crippen LogP contribution in [0.15, 0.2) is 46.0 Å². The van der Waals surface area contributed by atoms with E-state index in [1.807, 2.05) is 30.3 Å². The summed E-state index contributed by atoms with van der Waals surface area (Å²) in [5, 5.41) is 0.943. The number of hydrogen-bond donors (Lipinski definition) is 0. The van der Waals surface area contributed by atoms with Crippen LogP contribution in [0.2, 0.25) is 0 Å². The monoisotopic (exact) mass is 391 g/mol. The number of benzene rings is 1. The third-order valence-corrected chi connectivity index (χ3v) is 4.81. The smallest absolute Gasteiger partial charge is 0.141 e. The van der Waals surface area contributed by atoms with Crippen LogP contribution >= 0.6 is 27.7 Å². The van der Waals surface area contributed by atoms with E-state index in [2.05, 4.69) is 48.6 Å². The van der Waals surface area contributed by atoms with Gasteiger partial charge in [0.25, 0.3) is 0 Å². The quantitative estimate of drug-likeness (QED) is 0.639. The van der Waals surface area contributed by atoms with Crippen molar-refractivity contribution in [2.75, 3.05) is 0 Å². The lowest BCUT2D eigenvalue weighted by atomic mass is 10.0. The van der Waals surface area contributed by atoms with Gasteiger partial charge >= 0.3 is 0 Å². The number of nitrogens with zero attached hydrogens (tertiary/aromatic N) is 1. The zero-order chi connectivity index (χ0) is 17.0. The molecule has 0 radical (unpaired) electrons. The van der Waals surface area contributed by atoms with Crippen LogP contribution in [0.25, 0.3) is 0 Å². The van der Waals surface area contributed by atoms with Crippen molar-refractivity contribution in [1.29, 1.82) is 0 Å². The first-order valence-corrected chi connectivity index (χ1v) is 9.24. The zero-order valence-electron chi connectivity index (χ0n) is 14.0. The van der Waals surface area contributed by atoms with Gasteiger partial charge in [0.05, 0.1) is 0 Å². The number of aromatic nitrogens is 1. The molecule has 0 spiro atoms. The average Bonchev–Trinajstić information content (AvgIpc) is 2.43. The molecule has 0 saturated heterocycles. The molecule has 0 amide bonds. The lowest BCUT2D eigenvalue weighted by Gasteiger charge is -2.19. The fourth-order valence-corrected chi connectivity index (χ4v) is 3.51. The molecule has 0 fully saturated rings. The third kappa shape index (κ3) is 6.11. The van der Waals surface area contributed by atoms with Crippen LogP contribution in [0.1, 0.15) is 37.5 Å². The Morgan fingerprint density at radius 2 is 1.83 bits per heavy atom. The summed E-state index contributed by atoms with van der Waals surface area (Å²) in [6.45, 7) is 8.51. The molecule has 122 valence electrons. The Balaban J connectivity index is 2.13. The molecule has 2 rings (SSSR count). The van der Waals surface area contributed by atoms with Crippen molar-refractivity contribution >= 4 is 33.5 Å². The SMILES string of the molecule is Cc1ccc(CC(=O)Cc2cc(Br)cnc2SC(C)(C)C)cc1. The highest BCUT2D eigenvalue weighted by atomic mass is 79.9. The molecular formula is C19H22BrNOS. The highest BCUT2D eigenvalue weighted by molar-refractivity contribution is 9.10. The summed E-state index contributed by atoms with van der Waals surface area (Å²) in [6.07, 6.45) is 2.67. The van der Waals surface area contributed by atoms with Crippen molar-refractivity contribution in [3.8, 4) is 0 Å². The molecule has 2 aromatic rings. The number of aryl methyl sites for hydroxylation is 1. The van der Waals surface area contributed by atoms with E-state index in [9.17, 15) is 4.79 Å². The Hall–Kier alpha value is -1.13. The molecule has 4 heteroatoms. The number of carbonyl (C=O) groups is 1. The average molecular weight is 392 g/mol. The second kappa shape index (κ2) is 7.63. The molecule has 1 aromatic carbocycles. The van der Waals surface area contributed by atoms with Gasteiger partial charge in [-0.2, -0.15) is 0 Å². The molecule has 23 heavy (non-hydrogen) atoms. The molecular weight excluding hydrogens is 370 g/mol. The molecule has 0 N–H and O–H groups in total. The lowest BCUT2D eigenvalue weighted by Crippen LogP contribution is -2.12. The molecule has 1 heterocycles. The summed E-state index contributed by atoms with van der Waals surface area (Å²) in [4.78, 5) is 16.9. The van der Waals surface area contributed by atoms with Crippen LogP contribution in [0, 0.1) is 6.92 Å². The first kappa shape index (κ1) is 18.2. The third-order valence-electron chi connectivity index (χ3n) is 3.20. The molecule has 0 aliphatic rings. The van der Waals surface area contributed by atoms with Gasteiger partial charge in [-0.3, -0.25) is 4.79 Å². The summed E-state index contributed by atoms with van der Waals surface area (Å²) < 4.78 is 0.976. The van der Waals surface area contributed by atoms with E-state index in [0.717, 1.165) is 20.6 Å². The maximum absolute atomic E-state index is 12.4. The summed E-state index contributed by atoms with van der Waals surface area (Å²) >= 11 is 5.16. The molecule has 0 unspecified atom stereocenters. The number of rotatable bonds is 5. The predicted octanol–water partition coefficient (Wildman–Crippen LogP) is 5.40. The van der Waals surface area contributed by atoms with Gasteiger partial charge in [0, 0.05) is 28.3 Å². The summed E-state index contributed by atoms with van der Waals surface area (Å²) in [7, 11) is 0. The summed E-state index contributed by atoms with van der Waals surface area (Å²) in [5.74, 6) is 0.213. The van der Waals surface area contributed by atoms with Gasteiger partial charge in [-0.05, 0) is 40.0 Å². The summed E-state index contributed by atoms with van der Waals surface area (Å²) in [5.41, 5.74) is 3.27. The number of ketones is 1. The fourth-order valence-electron chi connectivity index (χ4n) is 2.19. The minimum Gasteiger partial charge on any atom is -0.299 e. The van der Waals surface area contributed by atoms with E-state index in [1.54, 1.807) is 18.0 Å². The highest BCUT2D eigenvalue weighted by Gasteiger charge is 2.18. The minimum atomic E-state index is 0.0651. The Morgan fingerprint density at radius 1 is 1.17 bits per heavy atom. The Morgan fingerprint density at radius 3 is 2.43 bits per heavy atom. The largest absolute Gasteiger partial charge is 0.299 e. The van der Waals surface area contributed by atoms with Crippen LogP contribution in [-0.2, 0) is 17.6 Å². The van der Waals surface area contributed by atoms with Gasteiger partial charge in [-0.25, -0.2) is 4.98 Å². The van der Waals surface area contributed by atoms with E-state index in [1.165, 1.54) is 5.56 Å². The van der Waals surface area contributed by atoms with Crippen molar-refractivity contribution in [3.05, 3.63) is 57.7 Å². The lowest BCUT2D eigenvalue weighted by molar-refractivity contribution is -0.117. The second-order valence-electron chi connectivity index (χ2n) is 6.71. The van der Waals surface area contributed by atoms with E-state index < -0.39 is 0 Å². The van der Waals surface area contributed by atoms with E-state index in [-0.39, 0.29) is 10.5 Å². The van der Waals surface area contributed by atoms with Crippen molar-refractivity contribution < 1.29 is 4.79 Å². The van der Waals surface area contributed by atoms with Crippen LogP contribution in [0.4, 0.5) is 0 Å². The number of halogens is 1. The van der Waals surface area contributed by atoms with Gasteiger partial charge in [0.15, 0.2) is 0 Å². The van der Waals surface area contributed by atoms with Crippen LogP contribution in [0.3, 0.4) is 0 Å². The van der Waals surface area contributed by atoms with Gasteiger partial charge in [0.1, 0.15) is 10.8 Å². The standard InChI is InChI=1S/C19H22BrNOS/c1-13-5-7-14(8-6-13)9-17(22)11-15-10-16(20)12-21-18(15)23-19(2,3)4/h5-8,10,12H,9,11H2,1-4H3. The highest BCUT2D eigenvalue weighted by Crippen LogP contribution is 2.33. The van der Waals surface area contributed by atoms with Crippen molar-refractivity contribution in [3.63, 3.8) is 0 Å². The number of hydrogen-bond acceptors (Lipinski definition) is 3. The minimum absolute atomic E-state index is 0.0651.